The van der Waals surface area contributed by atoms with Crippen LogP contribution in [0, 0.1) is 5.82 Å². The largest absolute Gasteiger partial charge is 0.394 e. The molecule has 2 N–H and O–H groups in total. The van der Waals surface area contributed by atoms with Crippen LogP contribution in [0.5, 0.6) is 0 Å². The molecule has 1 unspecified atom stereocenters. The summed E-state index contributed by atoms with van der Waals surface area (Å²) in [6.45, 7) is 4.51. The minimum atomic E-state index is -0.346. The molecule has 0 aliphatic carbocycles. The molecule has 2 aliphatic heterocycles. The van der Waals surface area contributed by atoms with E-state index < -0.39 is 0 Å². The maximum Gasteiger partial charge on any atom is 0.240 e. The average molecular weight is 486 g/mol. The number of piperazine rings is 1. The highest BCUT2D eigenvalue weighted by molar-refractivity contribution is 6.30. The summed E-state index contributed by atoms with van der Waals surface area (Å²) < 4.78 is 16.5. The number of aromatic nitrogens is 2. The number of aliphatic hydroxyl groups excluding tert-OH is 1. The van der Waals surface area contributed by atoms with Crippen LogP contribution in [0.2, 0.25) is 5.02 Å². The van der Waals surface area contributed by atoms with Crippen molar-refractivity contribution in [1.82, 2.24) is 19.8 Å². The van der Waals surface area contributed by atoms with Crippen LogP contribution >= 0.6 is 11.6 Å². The summed E-state index contributed by atoms with van der Waals surface area (Å²) >= 11 is 5.93. The number of hydrogen-bond acceptors (Lipinski definition) is 5. The van der Waals surface area contributed by atoms with Crippen LogP contribution in [0.3, 0.4) is 0 Å². The van der Waals surface area contributed by atoms with Crippen molar-refractivity contribution in [1.29, 1.82) is 0 Å². The summed E-state index contributed by atoms with van der Waals surface area (Å²) in [7, 11) is 0. The normalized spacial score (nSPS) is 21.9. The Morgan fingerprint density at radius 2 is 2.15 bits per heavy atom. The second kappa shape index (κ2) is 9.52. The van der Waals surface area contributed by atoms with Crippen LogP contribution in [0.4, 0.5) is 10.1 Å². The van der Waals surface area contributed by atoms with Crippen LogP contribution in [0.1, 0.15) is 31.4 Å². The summed E-state index contributed by atoms with van der Waals surface area (Å²) in [5.41, 5.74) is 3.25. The number of fused-ring (bicyclic) bond motifs is 1. The molecule has 0 radical (unpaired) electrons. The highest BCUT2D eigenvalue weighted by Gasteiger charge is 2.35. The van der Waals surface area contributed by atoms with Gasteiger partial charge < -0.3 is 24.8 Å². The van der Waals surface area contributed by atoms with Gasteiger partial charge in [-0.2, -0.15) is 0 Å². The van der Waals surface area contributed by atoms with Gasteiger partial charge in [-0.15, -0.1) is 0 Å². The molecule has 7 nitrogen and oxygen atoms in total. The first kappa shape index (κ1) is 23.1. The predicted molar refractivity (Wildman–Crippen MR) is 131 cm³/mol. The zero-order valence-corrected chi connectivity index (χ0v) is 19.9. The number of aliphatic hydroxyl groups is 1. The van der Waals surface area contributed by atoms with Gasteiger partial charge in [0.05, 0.1) is 42.1 Å². The number of nitrogens with zero attached hydrogens (tertiary/aromatic N) is 4. The van der Waals surface area contributed by atoms with E-state index in [4.69, 9.17) is 11.6 Å². The Morgan fingerprint density at radius 1 is 1.29 bits per heavy atom. The first-order valence-corrected chi connectivity index (χ1v) is 12.1. The van der Waals surface area contributed by atoms with Gasteiger partial charge in [-0.1, -0.05) is 17.7 Å². The molecule has 0 saturated carbocycles. The molecular weight excluding hydrogens is 457 g/mol. The molecule has 2 saturated heterocycles. The number of rotatable bonds is 5. The summed E-state index contributed by atoms with van der Waals surface area (Å²) in [4.78, 5) is 21.5. The van der Waals surface area contributed by atoms with Crippen molar-refractivity contribution in [2.75, 3.05) is 37.7 Å². The van der Waals surface area contributed by atoms with E-state index in [1.54, 1.807) is 18.5 Å². The molecule has 0 spiro atoms. The van der Waals surface area contributed by atoms with E-state index in [9.17, 15) is 14.3 Å². The fourth-order valence-electron chi connectivity index (χ4n) is 5.14. The summed E-state index contributed by atoms with van der Waals surface area (Å²) in [6, 6.07) is 10.1. The maximum absolute atomic E-state index is 14.6. The molecule has 3 atom stereocenters. The molecule has 9 heteroatoms. The lowest BCUT2D eigenvalue weighted by Gasteiger charge is -2.42. The quantitative estimate of drug-likeness (QED) is 0.580. The minimum absolute atomic E-state index is 0.0813. The van der Waals surface area contributed by atoms with E-state index in [0.717, 1.165) is 36.1 Å². The average Bonchev–Trinajstić information content (AvgIpc) is 3.53. The van der Waals surface area contributed by atoms with Crippen molar-refractivity contribution < 1.29 is 14.3 Å². The SMILES string of the molecule is C[C@H](c1ccc(Cl)cc1F)n1cnc2ccc(N3CCN(C(=O)[C@H]4CCCN4)C(CO)C3)cc21. The number of amides is 1. The number of anilines is 1. The third-order valence-corrected chi connectivity index (χ3v) is 7.32. The van der Waals surface area contributed by atoms with Crippen LogP contribution in [-0.4, -0.2) is 70.3 Å². The summed E-state index contributed by atoms with van der Waals surface area (Å²) in [6.07, 6.45) is 3.59. The van der Waals surface area contributed by atoms with E-state index in [1.807, 2.05) is 28.5 Å². The second-order valence-corrected chi connectivity index (χ2v) is 9.57. The van der Waals surface area contributed by atoms with Crippen molar-refractivity contribution in [3.05, 3.63) is 59.1 Å². The molecule has 2 aliphatic rings. The second-order valence-electron chi connectivity index (χ2n) is 9.13. The Morgan fingerprint density at radius 3 is 2.88 bits per heavy atom. The number of imidazole rings is 1. The van der Waals surface area contributed by atoms with Crippen molar-refractivity contribution in [2.24, 2.45) is 0 Å². The molecule has 34 heavy (non-hydrogen) atoms. The number of carbonyl (C=O) groups excluding carboxylic acids is 1. The monoisotopic (exact) mass is 485 g/mol. The molecule has 180 valence electrons. The van der Waals surface area contributed by atoms with Crippen LogP contribution in [0.25, 0.3) is 11.0 Å². The van der Waals surface area contributed by atoms with Crippen LogP contribution in [0.15, 0.2) is 42.7 Å². The molecular formula is C25H29ClFN5O2. The van der Waals surface area contributed by atoms with Gasteiger partial charge >= 0.3 is 0 Å². The number of halogens is 2. The molecule has 1 aromatic heterocycles. The van der Waals surface area contributed by atoms with Crippen molar-refractivity contribution in [2.45, 2.75) is 37.9 Å². The van der Waals surface area contributed by atoms with Gasteiger partial charge in [0.15, 0.2) is 0 Å². The van der Waals surface area contributed by atoms with Crippen LogP contribution < -0.4 is 10.2 Å². The Kier molecular flexibility index (Phi) is 6.46. The highest BCUT2D eigenvalue weighted by atomic mass is 35.5. The zero-order chi connectivity index (χ0) is 23.8. The summed E-state index contributed by atoms with van der Waals surface area (Å²) in [5, 5.41) is 13.7. The van der Waals surface area contributed by atoms with Crippen molar-refractivity contribution >= 4 is 34.2 Å². The molecule has 2 aromatic carbocycles. The summed E-state index contributed by atoms with van der Waals surface area (Å²) in [5.74, 6) is -0.259. The standard InChI is InChI=1S/C25H29ClFN5O2/c1-16(20-6-4-17(26)11-21(20)27)32-15-29-22-7-5-18(12-24(22)32)30-9-10-31(19(13-30)14-33)25(34)23-3-2-8-28-23/h4-7,11-12,15-16,19,23,28,33H,2-3,8-10,13-14H2,1H3/t16-,19?,23-/m1/s1. The van der Waals surface area contributed by atoms with Crippen molar-refractivity contribution in [3.63, 3.8) is 0 Å². The lowest BCUT2D eigenvalue weighted by Crippen LogP contribution is -2.59. The number of benzene rings is 2. The van der Waals surface area contributed by atoms with E-state index in [2.05, 4.69) is 21.3 Å². The Labute approximate surface area is 203 Å². The Hall–Kier alpha value is -2.68. The molecule has 3 heterocycles. The van der Waals surface area contributed by atoms with E-state index in [0.29, 0.717) is 30.2 Å². The number of carbonyl (C=O) groups is 1. The maximum atomic E-state index is 14.6. The van der Waals surface area contributed by atoms with Gasteiger partial charge in [-0.05, 0) is 56.6 Å². The third-order valence-electron chi connectivity index (χ3n) is 7.09. The van der Waals surface area contributed by atoms with Crippen LogP contribution in [-0.2, 0) is 4.79 Å². The topological polar surface area (TPSA) is 73.6 Å². The first-order chi connectivity index (χ1) is 16.5. The van der Waals surface area contributed by atoms with Crippen molar-refractivity contribution in [3.8, 4) is 0 Å². The molecule has 2 fully saturated rings. The van der Waals surface area contributed by atoms with Gasteiger partial charge in [0.25, 0.3) is 0 Å². The van der Waals surface area contributed by atoms with E-state index in [-0.39, 0.29) is 36.5 Å². The van der Waals surface area contributed by atoms with Gasteiger partial charge in [-0.3, -0.25) is 4.79 Å². The smallest absolute Gasteiger partial charge is 0.240 e. The Balaban J connectivity index is 1.39. The van der Waals surface area contributed by atoms with E-state index >= 15 is 0 Å². The zero-order valence-electron chi connectivity index (χ0n) is 19.1. The highest BCUT2D eigenvalue weighted by Crippen LogP contribution is 2.30. The fourth-order valence-corrected chi connectivity index (χ4v) is 5.30. The van der Waals surface area contributed by atoms with Gasteiger partial charge in [0.1, 0.15) is 5.82 Å². The van der Waals surface area contributed by atoms with Gasteiger partial charge in [-0.25, -0.2) is 9.37 Å². The minimum Gasteiger partial charge on any atom is -0.394 e. The lowest BCUT2D eigenvalue weighted by atomic mass is 10.1. The predicted octanol–water partition coefficient (Wildman–Crippen LogP) is 3.20. The Bertz CT molecular complexity index is 1200. The first-order valence-electron chi connectivity index (χ1n) is 11.8. The number of hydrogen-bond donors (Lipinski definition) is 2. The molecule has 3 aromatic rings. The van der Waals surface area contributed by atoms with Gasteiger partial charge in [0, 0.05) is 35.9 Å². The number of nitrogens with one attached hydrogen (secondary N) is 1. The molecule has 1 amide bonds. The lowest BCUT2D eigenvalue weighted by molar-refractivity contribution is -0.136. The fraction of sp³-hybridized carbons (Fsp3) is 0.440. The van der Waals surface area contributed by atoms with Gasteiger partial charge in [0.2, 0.25) is 5.91 Å². The van der Waals surface area contributed by atoms with E-state index in [1.165, 1.54) is 6.07 Å². The molecule has 5 rings (SSSR count). The third kappa shape index (κ3) is 4.26. The molecule has 0 bridgehead atoms.